The zero-order valence-electron chi connectivity index (χ0n) is 22.6. The fourth-order valence-corrected chi connectivity index (χ4v) is 5.56. The van der Waals surface area contributed by atoms with E-state index in [0.717, 1.165) is 23.1 Å². The van der Waals surface area contributed by atoms with Gasteiger partial charge in [-0.3, -0.25) is 9.59 Å². The Balaban J connectivity index is 1.91. The number of ketones is 1. The van der Waals surface area contributed by atoms with Crippen LogP contribution in [0.5, 0.6) is 5.75 Å². The molecule has 1 heterocycles. The van der Waals surface area contributed by atoms with Crippen molar-refractivity contribution < 1.29 is 28.6 Å². The second kappa shape index (κ2) is 11.7. The quantitative estimate of drug-likeness (QED) is 0.390. The Morgan fingerprint density at radius 3 is 2.29 bits per heavy atom. The minimum atomic E-state index is -1.08. The molecule has 0 aromatic heterocycles. The molecule has 4 rings (SSSR count). The molecular weight excluding hydrogens is 482 g/mol. The Labute approximate surface area is 223 Å². The minimum Gasteiger partial charge on any atom is -0.496 e. The van der Waals surface area contributed by atoms with Crippen LogP contribution in [0.2, 0.25) is 0 Å². The van der Waals surface area contributed by atoms with Gasteiger partial charge in [0.15, 0.2) is 5.78 Å². The van der Waals surface area contributed by atoms with Crippen molar-refractivity contribution in [1.29, 1.82) is 0 Å². The van der Waals surface area contributed by atoms with Gasteiger partial charge in [-0.2, -0.15) is 0 Å². The highest BCUT2D eigenvalue weighted by Gasteiger charge is 2.49. The Morgan fingerprint density at radius 1 is 0.974 bits per heavy atom. The first-order valence-corrected chi connectivity index (χ1v) is 13.2. The van der Waals surface area contributed by atoms with Crippen LogP contribution in [0.15, 0.2) is 71.1 Å². The van der Waals surface area contributed by atoms with Crippen molar-refractivity contribution >= 4 is 17.7 Å². The molecule has 0 saturated carbocycles. The summed E-state index contributed by atoms with van der Waals surface area (Å²) in [4.78, 5) is 41.0. The van der Waals surface area contributed by atoms with Crippen LogP contribution in [-0.2, 0) is 30.3 Å². The second-order valence-electron chi connectivity index (χ2n) is 9.45. The molecular formula is C31H35NO6. The summed E-state index contributed by atoms with van der Waals surface area (Å²) >= 11 is 0. The molecule has 2 aromatic carbocycles. The van der Waals surface area contributed by atoms with Gasteiger partial charge in [0.25, 0.3) is 0 Å². The monoisotopic (exact) mass is 517 g/mol. The molecule has 7 nitrogen and oxygen atoms in total. The number of carbonyl (C=O) groups is 3. The predicted molar refractivity (Wildman–Crippen MR) is 144 cm³/mol. The summed E-state index contributed by atoms with van der Waals surface area (Å²) in [5, 5.41) is 3.33. The van der Waals surface area contributed by atoms with Gasteiger partial charge in [0.05, 0.1) is 25.9 Å². The standard InChI is InChI=1S/C31H35NO6/c1-6-19-13-15-20(16-14-19)26-25(30(34)37-7-2)18(4)32-23-17-22(21-11-9-10-12-24(21)36-5)27(29(33)28(23)26)31(35)38-8-3/h9-16,22,26-27,32H,6-8,17H2,1-5H3/t22-,26+,27-/m0/s1. The Hall–Kier alpha value is -3.87. The van der Waals surface area contributed by atoms with Crippen LogP contribution < -0.4 is 10.1 Å². The summed E-state index contributed by atoms with van der Waals surface area (Å²) in [6.07, 6.45) is 1.24. The number of ether oxygens (including phenoxy) is 3. The second-order valence-corrected chi connectivity index (χ2v) is 9.45. The van der Waals surface area contributed by atoms with Crippen LogP contribution in [-0.4, -0.2) is 38.0 Å². The van der Waals surface area contributed by atoms with Gasteiger partial charge in [-0.15, -0.1) is 0 Å². The lowest BCUT2D eigenvalue weighted by molar-refractivity contribution is -0.152. The lowest BCUT2D eigenvalue weighted by Gasteiger charge is -2.39. The Bertz CT molecular complexity index is 1290. The lowest BCUT2D eigenvalue weighted by Crippen LogP contribution is -2.43. The van der Waals surface area contributed by atoms with Crippen LogP contribution >= 0.6 is 0 Å². The summed E-state index contributed by atoms with van der Waals surface area (Å²) in [5.41, 5.74) is 4.82. The average molecular weight is 518 g/mol. The molecule has 0 radical (unpaired) electrons. The van der Waals surface area contributed by atoms with Crippen LogP contribution in [0.25, 0.3) is 0 Å². The van der Waals surface area contributed by atoms with E-state index in [1.54, 1.807) is 21.0 Å². The molecule has 2 aromatic rings. The summed E-state index contributed by atoms with van der Waals surface area (Å²) in [7, 11) is 1.57. The van der Waals surface area contributed by atoms with Crippen molar-refractivity contribution in [3.05, 3.63) is 87.8 Å². The number of Topliss-reactive ketones (excluding diaryl/α,β-unsaturated/α-hetero) is 1. The molecule has 1 aliphatic heterocycles. The largest absolute Gasteiger partial charge is 0.496 e. The Kier molecular flexibility index (Phi) is 8.35. The maximum atomic E-state index is 14.4. The summed E-state index contributed by atoms with van der Waals surface area (Å²) in [6.45, 7) is 7.72. The third-order valence-electron chi connectivity index (χ3n) is 7.31. The van der Waals surface area contributed by atoms with Crippen molar-refractivity contribution in [1.82, 2.24) is 5.32 Å². The van der Waals surface area contributed by atoms with Crippen molar-refractivity contribution in [2.75, 3.05) is 20.3 Å². The Morgan fingerprint density at radius 2 is 1.66 bits per heavy atom. The van der Waals surface area contributed by atoms with E-state index in [4.69, 9.17) is 14.2 Å². The summed E-state index contributed by atoms with van der Waals surface area (Å²) in [6, 6.07) is 15.3. The molecule has 1 aliphatic carbocycles. The predicted octanol–water partition coefficient (Wildman–Crippen LogP) is 4.97. The molecule has 0 spiro atoms. The van der Waals surface area contributed by atoms with Crippen molar-refractivity contribution in [3.63, 3.8) is 0 Å². The maximum Gasteiger partial charge on any atom is 0.336 e. The maximum absolute atomic E-state index is 14.4. The third-order valence-corrected chi connectivity index (χ3v) is 7.31. The van der Waals surface area contributed by atoms with E-state index in [-0.39, 0.29) is 19.0 Å². The number of allylic oxidation sites excluding steroid dienone is 3. The summed E-state index contributed by atoms with van der Waals surface area (Å²) in [5.74, 6) is -3.06. The van der Waals surface area contributed by atoms with Gasteiger partial charge < -0.3 is 19.5 Å². The van der Waals surface area contributed by atoms with Crippen molar-refractivity contribution in [2.24, 2.45) is 5.92 Å². The first-order valence-electron chi connectivity index (χ1n) is 13.2. The lowest BCUT2D eigenvalue weighted by atomic mass is 9.67. The molecule has 0 amide bonds. The SMILES string of the molecule is CCOC(=O)C1=C(C)NC2=C(C(=O)[C@@H](C(=O)OCC)[C@H](c3ccccc3OC)C2)[C@@H]1c1ccc(CC)cc1. The molecule has 0 fully saturated rings. The highest BCUT2D eigenvalue weighted by Crippen LogP contribution is 2.49. The van der Waals surface area contributed by atoms with Crippen molar-refractivity contribution in [3.8, 4) is 5.75 Å². The molecule has 0 saturated heterocycles. The highest BCUT2D eigenvalue weighted by atomic mass is 16.5. The number of hydrogen-bond acceptors (Lipinski definition) is 7. The normalized spacial score (nSPS) is 21.0. The van der Waals surface area contributed by atoms with Gasteiger partial charge in [0.2, 0.25) is 0 Å². The average Bonchev–Trinajstić information content (AvgIpc) is 2.92. The topological polar surface area (TPSA) is 90.9 Å². The number of rotatable bonds is 8. The van der Waals surface area contributed by atoms with Crippen LogP contribution in [0.4, 0.5) is 0 Å². The third kappa shape index (κ3) is 4.97. The van der Waals surface area contributed by atoms with E-state index in [1.807, 2.05) is 55.5 Å². The first-order chi connectivity index (χ1) is 18.4. The number of aryl methyl sites for hydroxylation is 1. The molecule has 38 heavy (non-hydrogen) atoms. The number of esters is 2. The van der Waals surface area contributed by atoms with Crippen molar-refractivity contribution in [2.45, 2.75) is 52.4 Å². The smallest absolute Gasteiger partial charge is 0.336 e. The number of carbonyl (C=O) groups excluding carboxylic acids is 3. The van der Waals surface area contributed by atoms with Gasteiger partial charge in [-0.25, -0.2) is 4.79 Å². The van der Waals surface area contributed by atoms with Crippen LogP contribution in [0.3, 0.4) is 0 Å². The molecule has 1 N–H and O–H groups in total. The zero-order chi connectivity index (χ0) is 27.4. The van der Waals surface area contributed by atoms with Crippen LogP contribution in [0.1, 0.15) is 62.6 Å². The van der Waals surface area contributed by atoms with E-state index in [1.165, 1.54) is 0 Å². The molecule has 7 heteroatoms. The van der Waals surface area contributed by atoms with Crippen LogP contribution in [0, 0.1) is 5.92 Å². The molecule has 3 atom stereocenters. The van der Waals surface area contributed by atoms with E-state index in [2.05, 4.69) is 12.2 Å². The molecule has 0 bridgehead atoms. The van der Waals surface area contributed by atoms with Gasteiger partial charge in [0.1, 0.15) is 11.7 Å². The van der Waals surface area contributed by atoms with E-state index in [0.29, 0.717) is 34.7 Å². The summed E-state index contributed by atoms with van der Waals surface area (Å²) < 4.78 is 16.4. The van der Waals surface area contributed by atoms with Gasteiger partial charge in [-0.05, 0) is 56.4 Å². The number of benzene rings is 2. The van der Waals surface area contributed by atoms with E-state index >= 15 is 0 Å². The first kappa shape index (κ1) is 27.2. The van der Waals surface area contributed by atoms with Gasteiger partial charge in [0, 0.05) is 28.8 Å². The molecule has 200 valence electrons. The van der Waals surface area contributed by atoms with Gasteiger partial charge >= 0.3 is 11.9 Å². The number of hydrogen-bond donors (Lipinski definition) is 1. The molecule has 0 unspecified atom stereocenters. The number of nitrogens with one attached hydrogen (secondary N) is 1. The van der Waals surface area contributed by atoms with Gasteiger partial charge in [-0.1, -0.05) is 49.4 Å². The number of methoxy groups -OCH3 is 1. The van der Waals surface area contributed by atoms with E-state index in [9.17, 15) is 14.4 Å². The fraction of sp³-hybridized carbons (Fsp3) is 0.387. The minimum absolute atomic E-state index is 0.153. The van der Waals surface area contributed by atoms with E-state index < -0.39 is 29.7 Å². The molecule has 2 aliphatic rings. The zero-order valence-corrected chi connectivity index (χ0v) is 22.6. The number of para-hydroxylation sites is 1. The fourth-order valence-electron chi connectivity index (χ4n) is 5.56. The number of dihydropyridines is 1. The highest BCUT2D eigenvalue weighted by molar-refractivity contribution is 6.13.